The van der Waals surface area contributed by atoms with E-state index in [-0.39, 0.29) is 6.04 Å². The summed E-state index contributed by atoms with van der Waals surface area (Å²) in [5.41, 5.74) is 2.68. The summed E-state index contributed by atoms with van der Waals surface area (Å²) in [6, 6.07) is 8.64. The van der Waals surface area contributed by atoms with E-state index in [1.807, 2.05) is 6.07 Å². The van der Waals surface area contributed by atoms with Crippen molar-refractivity contribution in [3.8, 4) is 0 Å². The molecule has 0 spiro atoms. The van der Waals surface area contributed by atoms with Crippen molar-refractivity contribution in [3.63, 3.8) is 0 Å². The maximum atomic E-state index is 10.3. The molecule has 86 valence electrons. The predicted octanol–water partition coefficient (Wildman–Crippen LogP) is 1.78. The Hall–Kier alpha value is -1.35. The Morgan fingerprint density at radius 2 is 2.31 bits per heavy atom. The van der Waals surface area contributed by atoms with Crippen LogP contribution in [0, 0.1) is 0 Å². The largest absolute Gasteiger partial charge is 0.466 e. The number of fused-ring (bicyclic) bond motifs is 1. The van der Waals surface area contributed by atoms with Crippen LogP contribution >= 0.6 is 0 Å². The number of nitrogens with zero attached hydrogens (tertiary/aromatic N) is 1. The first-order valence-corrected chi connectivity index (χ1v) is 5.74. The summed E-state index contributed by atoms with van der Waals surface area (Å²) in [4.78, 5) is 12.7. The predicted molar refractivity (Wildman–Crippen MR) is 62.2 cm³/mol. The molecular weight excluding hydrogens is 202 g/mol. The molecule has 3 nitrogen and oxygen atoms in total. The average Bonchev–Trinajstić information content (AvgIpc) is 2.35. The number of hydrogen-bond donors (Lipinski definition) is 0. The van der Waals surface area contributed by atoms with Crippen LogP contribution in [-0.4, -0.2) is 31.1 Å². The van der Waals surface area contributed by atoms with Crippen molar-refractivity contribution >= 4 is 6.47 Å². The Morgan fingerprint density at radius 3 is 3.06 bits per heavy atom. The Kier molecular flexibility index (Phi) is 3.57. The zero-order valence-electron chi connectivity index (χ0n) is 9.56. The molecule has 0 N–H and O–H groups in total. The van der Waals surface area contributed by atoms with Gasteiger partial charge in [0.05, 0.1) is 6.04 Å². The lowest BCUT2D eigenvalue weighted by molar-refractivity contribution is -0.130. The summed E-state index contributed by atoms with van der Waals surface area (Å²) in [7, 11) is 0. The first-order valence-electron chi connectivity index (χ1n) is 5.74. The molecule has 2 rings (SSSR count). The van der Waals surface area contributed by atoms with E-state index in [1.54, 1.807) is 0 Å². The van der Waals surface area contributed by atoms with E-state index in [0.29, 0.717) is 13.1 Å². The molecule has 0 amide bonds. The van der Waals surface area contributed by atoms with Gasteiger partial charge >= 0.3 is 0 Å². The molecule has 0 bridgehead atoms. The Morgan fingerprint density at radius 1 is 1.50 bits per heavy atom. The van der Waals surface area contributed by atoms with E-state index in [0.717, 1.165) is 19.5 Å². The number of carbonyl (C=O) groups is 1. The fraction of sp³-hybridized carbons (Fsp3) is 0.462. The molecule has 1 aliphatic heterocycles. The molecule has 1 aliphatic rings. The molecule has 1 heterocycles. The first-order chi connectivity index (χ1) is 7.86. The van der Waals surface area contributed by atoms with Gasteiger partial charge in [0.2, 0.25) is 0 Å². The second kappa shape index (κ2) is 5.12. The van der Waals surface area contributed by atoms with Crippen LogP contribution in [-0.2, 0) is 16.0 Å². The topological polar surface area (TPSA) is 29.5 Å². The SMILES string of the molecule is CCN1CCc2ccccc2C1COC=O. The maximum Gasteiger partial charge on any atom is 0.293 e. The molecule has 1 unspecified atom stereocenters. The van der Waals surface area contributed by atoms with E-state index in [4.69, 9.17) is 4.74 Å². The summed E-state index contributed by atoms with van der Waals surface area (Å²) in [5, 5.41) is 0. The number of carbonyl (C=O) groups excluding carboxylic acids is 1. The van der Waals surface area contributed by atoms with Crippen LogP contribution in [0.1, 0.15) is 24.1 Å². The van der Waals surface area contributed by atoms with Crippen molar-refractivity contribution in [2.24, 2.45) is 0 Å². The second-order valence-electron chi connectivity index (χ2n) is 4.02. The molecule has 1 atom stereocenters. The molecule has 16 heavy (non-hydrogen) atoms. The molecular formula is C13H17NO2. The number of likely N-dealkylation sites (N-methyl/N-ethyl adjacent to an activating group) is 1. The van der Waals surface area contributed by atoms with Gasteiger partial charge in [-0.25, -0.2) is 0 Å². The van der Waals surface area contributed by atoms with Crippen LogP contribution < -0.4 is 0 Å². The van der Waals surface area contributed by atoms with Gasteiger partial charge in [-0.2, -0.15) is 0 Å². The zero-order valence-corrected chi connectivity index (χ0v) is 9.56. The zero-order chi connectivity index (χ0) is 11.4. The fourth-order valence-corrected chi connectivity index (χ4v) is 2.41. The van der Waals surface area contributed by atoms with Crippen molar-refractivity contribution in [1.29, 1.82) is 0 Å². The Labute approximate surface area is 96.0 Å². The van der Waals surface area contributed by atoms with Crippen molar-refractivity contribution in [1.82, 2.24) is 4.90 Å². The van der Waals surface area contributed by atoms with E-state index in [9.17, 15) is 4.79 Å². The monoisotopic (exact) mass is 219 g/mol. The van der Waals surface area contributed by atoms with Gasteiger partial charge in [0.25, 0.3) is 6.47 Å². The molecule has 1 aromatic rings. The van der Waals surface area contributed by atoms with Gasteiger partial charge in [-0.05, 0) is 24.1 Å². The van der Waals surface area contributed by atoms with Crippen LogP contribution in [0.3, 0.4) is 0 Å². The van der Waals surface area contributed by atoms with Crippen LogP contribution in [0.5, 0.6) is 0 Å². The van der Waals surface area contributed by atoms with E-state index in [2.05, 4.69) is 30.0 Å². The summed E-state index contributed by atoms with van der Waals surface area (Å²) in [5.74, 6) is 0. The third kappa shape index (κ3) is 2.09. The second-order valence-corrected chi connectivity index (χ2v) is 4.02. The van der Waals surface area contributed by atoms with E-state index < -0.39 is 0 Å². The lowest BCUT2D eigenvalue weighted by Crippen LogP contribution is -2.37. The van der Waals surface area contributed by atoms with Gasteiger partial charge in [0.1, 0.15) is 6.61 Å². The van der Waals surface area contributed by atoms with Crippen molar-refractivity contribution in [2.45, 2.75) is 19.4 Å². The molecule has 0 saturated carbocycles. The minimum atomic E-state index is 0.222. The van der Waals surface area contributed by atoms with Crippen LogP contribution in [0.2, 0.25) is 0 Å². The first kappa shape index (κ1) is 11.1. The standard InChI is InChI=1S/C13H17NO2/c1-2-14-8-7-11-5-3-4-6-12(11)13(14)9-16-10-15/h3-6,10,13H,2,7-9H2,1H3. The quantitative estimate of drug-likeness (QED) is 0.723. The molecule has 0 fully saturated rings. The number of hydrogen-bond acceptors (Lipinski definition) is 3. The van der Waals surface area contributed by atoms with Gasteiger partial charge in [-0.1, -0.05) is 31.2 Å². The normalized spacial score (nSPS) is 20.2. The third-order valence-electron chi connectivity index (χ3n) is 3.25. The lowest BCUT2D eigenvalue weighted by atomic mass is 9.93. The summed E-state index contributed by atoms with van der Waals surface area (Å²) in [6.07, 6.45) is 1.08. The highest BCUT2D eigenvalue weighted by molar-refractivity contribution is 5.38. The van der Waals surface area contributed by atoms with Gasteiger partial charge in [0, 0.05) is 6.54 Å². The van der Waals surface area contributed by atoms with Gasteiger partial charge < -0.3 is 4.74 Å². The van der Waals surface area contributed by atoms with Crippen LogP contribution in [0.4, 0.5) is 0 Å². The smallest absolute Gasteiger partial charge is 0.293 e. The number of benzene rings is 1. The van der Waals surface area contributed by atoms with Crippen LogP contribution in [0.25, 0.3) is 0 Å². The highest BCUT2D eigenvalue weighted by Crippen LogP contribution is 2.29. The number of ether oxygens (including phenoxy) is 1. The minimum absolute atomic E-state index is 0.222. The molecule has 0 aromatic heterocycles. The molecule has 3 heteroatoms. The summed E-state index contributed by atoms with van der Waals surface area (Å²) in [6.45, 7) is 5.16. The lowest BCUT2D eigenvalue weighted by Gasteiger charge is -2.35. The van der Waals surface area contributed by atoms with Gasteiger partial charge in [-0.3, -0.25) is 9.69 Å². The summed E-state index contributed by atoms with van der Waals surface area (Å²) < 4.78 is 4.94. The van der Waals surface area contributed by atoms with Gasteiger partial charge in [-0.15, -0.1) is 0 Å². The van der Waals surface area contributed by atoms with Gasteiger partial charge in [0.15, 0.2) is 0 Å². The van der Waals surface area contributed by atoms with Crippen molar-refractivity contribution in [3.05, 3.63) is 35.4 Å². The fourth-order valence-electron chi connectivity index (χ4n) is 2.41. The molecule has 0 radical (unpaired) electrons. The Balaban J connectivity index is 2.25. The number of rotatable bonds is 4. The summed E-state index contributed by atoms with van der Waals surface area (Å²) >= 11 is 0. The minimum Gasteiger partial charge on any atom is -0.466 e. The third-order valence-corrected chi connectivity index (χ3v) is 3.25. The highest BCUT2D eigenvalue weighted by Gasteiger charge is 2.26. The maximum absolute atomic E-state index is 10.3. The van der Waals surface area contributed by atoms with E-state index in [1.165, 1.54) is 11.1 Å². The average molecular weight is 219 g/mol. The van der Waals surface area contributed by atoms with E-state index >= 15 is 0 Å². The van der Waals surface area contributed by atoms with Crippen LogP contribution in [0.15, 0.2) is 24.3 Å². The highest BCUT2D eigenvalue weighted by atomic mass is 16.5. The van der Waals surface area contributed by atoms with Crippen molar-refractivity contribution < 1.29 is 9.53 Å². The van der Waals surface area contributed by atoms with Crippen molar-refractivity contribution in [2.75, 3.05) is 19.7 Å². The molecule has 1 aromatic carbocycles. The Bertz CT molecular complexity index is 365. The molecule has 0 saturated heterocycles. The molecule has 0 aliphatic carbocycles.